The SMILES string of the molecule is C=C/C=C(\C=C)c1nc(-n2ccc(C)c2C)c2ccccc2n1.C=CCC. The summed E-state index contributed by atoms with van der Waals surface area (Å²) in [6.07, 6.45) is 10.4. The maximum absolute atomic E-state index is 4.80. The van der Waals surface area contributed by atoms with E-state index in [1.54, 1.807) is 12.2 Å². The van der Waals surface area contributed by atoms with E-state index >= 15 is 0 Å². The summed E-state index contributed by atoms with van der Waals surface area (Å²) in [5.74, 6) is 1.53. The Bertz CT molecular complexity index is 990. The van der Waals surface area contributed by atoms with Crippen molar-refractivity contribution in [3.63, 3.8) is 0 Å². The second kappa shape index (κ2) is 9.48. The lowest BCUT2D eigenvalue weighted by Crippen LogP contribution is -2.04. The fraction of sp³-hybridized carbons (Fsp3) is 0.167. The average molecular weight is 358 g/mol. The van der Waals surface area contributed by atoms with Crippen molar-refractivity contribution in [1.29, 1.82) is 0 Å². The predicted molar refractivity (Wildman–Crippen MR) is 117 cm³/mol. The van der Waals surface area contributed by atoms with E-state index in [1.165, 1.54) is 11.3 Å². The normalized spacial score (nSPS) is 10.9. The van der Waals surface area contributed by atoms with Gasteiger partial charge in [-0.05, 0) is 44.0 Å². The van der Waals surface area contributed by atoms with Gasteiger partial charge in [0.2, 0.25) is 0 Å². The summed E-state index contributed by atoms with van der Waals surface area (Å²) in [6.45, 7) is 17.3. The van der Waals surface area contributed by atoms with E-state index in [9.17, 15) is 0 Å². The Morgan fingerprint density at radius 3 is 2.33 bits per heavy atom. The number of allylic oxidation sites excluding steroid dienone is 5. The summed E-state index contributed by atoms with van der Waals surface area (Å²) in [7, 11) is 0. The Kier molecular flexibility index (Phi) is 7.07. The van der Waals surface area contributed by atoms with Crippen LogP contribution in [0, 0.1) is 13.8 Å². The first kappa shape index (κ1) is 20.1. The molecule has 0 aliphatic carbocycles. The maximum Gasteiger partial charge on any atom is 0.162 e. The van der Waals surface area contributed by atoms with Crippen LogP contribution in [0.1, 0.15) is 30.4 Å². The maximum atomic E-state index is 4.80. The van der Waals surface area contributed by atoms with Gasteiger partial charge in [0.15, 0.2) is 5.82 Å². The molecule has 0 saturated heterocycles. The van der Waals surface area contributed by atoms with Gasteiger partial charge in [-0.1, -0.05) is 56.5 Å². The highest BCUT2D eigenvalue weighted by atomic mass is 15.1. The van der Waals surface area contributed by atoms with Crippen LogP contribution in [0.25, 0.3) is 22.3 Å². The van der Waals surface area contributed by atoms with Crippen molar-refractivity contribution in [2.75, 3.05) is 0 Å². The van der Waals surface area contributed by atoms with Crippen molar-refractivity contribution >= 4 is 16.5 Å². The van der Waals surface area contributed by atoms with E-state index in [-0.39, 0.29) is 0 Å². The Morgan fingerprint density at radius 1 is 1.07 bits per heavy atom. The first-order valence-electron chi connectivity index (χ1n) is 9.05. The molecular weight excluding hydrogens is 330 g/mol. The molecule has 0 saturated carbocycles. The van der Waals surface area contributed by atoms with Crippen LogP contribution in [-0.4, -0.2) is 14.5 Å². The summed E-state index contributed by atoms with van der Waals surface area (Å²) in [5.41, 5.74) is 4.18. The average Bonchev–Trinajstić information content (AvgIpc) is 3.04. The Morgan fingerprint density at radius 2 is 1.78 bits per heavy atom. The molecule has 0 fully saturated rings. The highest BCUT2D eigenvalue weighted by molar-refractivity contribution is 5.87. The molecule has 2 heterocycles. The summed E-state index contributed by atoms with van der Waals surface area (Å²) in [5, 5.41) is 1.02. The largest absolute Gasteiger partial charge is 0.305 e. The number of aryl methyl sites for hydroxylation is 1. The first-order chi connectivity index (χ1) is 13.1. The van der Waals surface area contributed by atoms with Crippen LogP contribution >= 0.6 is 0 Å². The summed E-state index contributed by atoms with van der Waals surface area (Å²) < 4.78 is 2.11. The minimum absolute atomic E-state index is 0.652. The van der Waals surface area contributed by atoms with Gasteiger partial charge in [0.05, 0.1) is 5.52 Å². The van der Waals surface area contributed by atoms with E-state index < -0.39 is 0 Å². The Balaban J connectivity index is 0.000000596. The van der Waals surface area contributed by atoms with E-state index in [4.69, 9.17) is 4.98 Å². The number of rotatable bonds is 5. The topological polar surface area (TPSA) is 30.7 Å². The number of hydrogen-bond acceptors (Lipinski definition) is 2. The zero-order valence-corrected chi connectivity index (χ0v) is 16.4. The molecule has 0 atom stereocenters. The second-order valence-electron chi connectivity index (χ2n) is 6.10. The number of aromatic nitrogens is 3. The molecule has 1 aromatic carbocycles. The molecule has 3 rings (SSSR count). The number of nitrogens with zero attached hydrogens (tertiary/aromatic N) is 3. The number of benzene rings is 1. The fourth-order valence-electron chi connectivity index (χ4n) is 2.57. The molecule has 0 radical (unpaired) electrons. The monoisotopic (exact) mass is 357 g/mol. The number of para-hydroxylation sites is 1. The molecule has 27 heavy (non-hydrogen) atoms. The number of fused-ring (bicyclic) bond motifs is 1. The molecule has 3 aromatic rings. The van der Waals surface area contributed by atoms with Gasteiger partial charge in [-0.25, -0.2) is 9.97 Å². The minimum Gasteiger partial charge on any atom is -0.305 e. The summed E-state index contributed by atoms with van der Waals surface area (Å²) >= 11 is 0. The van der Waals surface area contributed by atoms with Gasteiger partial charge in [0.25, 0.3) is 0 Å². The highest BCUT2D eigenvalue weighted by Crippen LogP contribution is 2.24. The van der Waals surface area contributed by atoms with Crippen LogP contribution in [0.4, 0.5) is 0 Å². The standard InChI is InChI=1S/C20H19N3.C4H8/c1-5-9-16(6-2)19-21-18-11-8-7-10-17(18)20(22-19)23-13-12-14(3)15(23)4;1-3-4-2/h5-13H,1-2H2,3-4H3;3H,1,4H2,2H3/b16-9+;. The van der Waals surface area contributed by atoms with Crippen LogP contribution in [0.5, 0.6) is 0 Å². The van der Waals surface area contributed by atoms with E-state index in [0.717, 1.165) is 28.7 Å². The van der Waals surface area contributed by atoms with Gasteiger partial charge in [-0.3, -0.25) is 0 Å². The molecule has 0 aliphatic rings. The molecular formula is C24H27N3. The van der Waals surface area contributed by atoms with Crippen molar-refractivity contribution in [2.45, 2.75) is 27.2 Å². The molecule has 0 bridgehead atoms. The Labute approximate surface area is 162 Å². The number of hydrogen-bond donors (Lipinski definition) is 0. The third-order valence-corrected chi connectivity index (χ3v) is 4.28. The molecule has 0 aliphatic heterocycles. The van der Waals surface area contributed by atoms with E-state index in [1.807, 2.05) is 42.6 Å². The highest BCUT2D eigenvalue weighted by Gasteiger charge is 2.12. The lowest BCUT2D eigenvalue weighted by molar-refractivity contribution is 0.950. The van der Waals surface area contributed by atoms with Gasteiger partial charge in [0, 0.05) is 22.9 Å². The van der Waals surface area contributed by atoms with Crippen molar-refractivity contribution in [3.05, 3.63) is 97.7 Å². The summed E-state index contributed by atoms with van der Waals surface area (Å²) in [6, 6.07) is 10.1. The van der Waals surface area contributed by atoms with Crippen LogP contribution in [0.3, 0.4) is 0 Å². The quantitative estimate of drug-likeness (QED) is 0.392. The third-order valence-electron chi connectivity index (χ3n) is 4.28. The molecule has 2 aromatic heterocycles. The van der Waals surface area contributed by atoms with E-state index in [0.29, 0.717) is 5.82 Å². The van der Waals surface area contributed by atoms with Gasteiger partial charge in [-0.2, -0.15) is 0 Å². The van der Waals surface area contributed by atoms with Gasteiger partial charge >= 0.3 is 0 Å². The van der Waals surface area contributed by atoms with Crippen LogP contribution < -0.4 is 0 Å². The molecule has 138 valence electrons. The first-order valence-corrected chi connectivity index (χ1v) is 9.05. The van der Waals surface area contributed by atoms with Crippen molar-refractivity contribution in [3.8, 4) is 5.82 Å². The summed E-state index contributed by atoms with van der Waals surface area (Å²) in [4.78, 5) is 9.48. The lowest BCUT2D eigenvalue weighted by atomic mass is 10.2. The van der Waals surface area contributed by atoms with Crippen LogP contribution in [0.15, 0.2) is 80.6 Å². The minimum atomic E-state index is 0.652. The molecule has 3 nitrogen and oxygen atoms in total. The second-order valence-corrected chi connectivity index (χ2v) is 6.10. The lowest BCUT2D eigenvalue weighted by Gasteiger charge is -2.12. The zero-order chi connectivity index (χ0) is 19.8. The molecule has 0 spiro atoms. The van der Waals surface area contributed by atoms with Crippen molar-refractivity contribution in [1.82, 2.24) is 14.5 Å². The van der Waals surface area contributed by atoms with Gasteiger partial charge < -0.3 is 4.57 Å². The molecule has 0 N–H and O–H groups in total. The smallest absolute Gasteiger partial charge is 0.162 e. The van der Waals surface area contributed by atoms with Crippen LogP contribution in [0.2, 0.25) is 0 Å². The van der Waals surface area contributed by atoms with Crippen molar-refractivity contribution < 1.29 is 0 Å². The van der Waals surface area contributed by atoms with E-state index in [2.05, 4.69) is 56.1 Å². The Hall–Kier alpha value is -3.20. The van der Waals surface area contributed by atoms with Gasteiger partial charge in [-0.15, -0.1) is 6.58 Å². The van der Waals surface area contributed by atoms with Gasteiger partial charge in [0.1, 0.15) is 5.82 Å². The zero-order valence-electron chi connectivity index (χ0n) is 16.4. The molecule has 0 amide bonds. The molecule has 0 unspecified atom stereocenters. The van der Waals surface area contributed by atoms with Crippen molar-refractivity contribution in [2.24, 2.45) is 0 Å². The predicted octanol–water partition coefficient (Wildman–Crippen LogP) is 6.38. The van der Waals surface area contributed by atoms with Crippen LogP contribution in [-0.2, 0) is 0 Å². The molecule has 3 heteroatoms. The third kappa shape index (κ3) is 4.50. The fourth-order valence-corrected chi connectivity index (χ4v) is 2.57.